The number of rotatable bonds is 5. The average molecular weight is 264 g/mol. The molecular weight excluding hydrogens is 239 g/mol. The Kier molecular flexibility index (Phi) is 4.81. The molecule has 0 aliphatic carbocycles. The number of hydrogen-bond donors (Lipinski definition) is 1. The van der Waals surface area contributed by atoms with Crippen LogP contribution in [0.5, 0.6) is 0 Å². The summed E-state index contributed by atoms with van der Waals surface area (Å²) in [5, 5.41) is 3.16. The summed E-state index contributed by atoms with van der Waals surface area (Å²) in [5.41, 5.74) is 1.88. The van der Waals surface area contributed by atoms with Gasteiger partial charge < -0.3 is 10.2 Å². The largest absolute Gasteiger partial charge is 0.371 e. The van der Waals surface area contributed by atoms with E-state index < -0.39 is 0 Å². The molecule has 1 aliphatic heterocycles. The van der Waals surface area contributed by atoms with Crippen molar-refractivity contribution < 1.29 is 4.39 Å². The molecule has 0 bridgehead atoms. The summed E-state index contributed by atoms with van der Waals surface area (Å²) in [5.74, 6) is 0.671. The van der Waals surface area contributed by atoms with Crippen molar-refractivity contribution in [3.8, 4) is 0 Å². The minimum Gasteiger partial charge on any atom is -0.371 e. The molecule has 0 saturated carbocycles. The number of hydrogen-bond acceptors (Lipinski definition) is 2. The van der Waals surface area contributed by atoms with E-state index in [4.69, 9.17) is 0 Å². The van der Waals surface area contributed by atoms with Crippen LogP contribution < -0.4 is 10.2 Å². The third kappa shape index (κ3) is 3.08. The van der Waals surface area contributed by atoms with Gasteiger partial charge in [0.05, 0.1) is 0 Å². The lowest BCUT2D eigenvalue weighted by atomic mass is 10.0. The van der Waals surface area contributed by atoms with Crippen molar-refractivity contribution in [1.29, 1.82) is 0 Å². The van der Waals surface area contributed by atoms with Crippen molar-refractivity contribution in [3.05, 3.63) is 29.6 Å². The Morgan fingerprint density at radius 2 is 2.26 bits per heavy atom. The fourth-order valence-electron chi connectivity index (χ4n) is 3.07. The Bertz CT molecular complexity index is 419. The first-order valence-corrected chi connectivity index (χ1v) is 7.38. The van der Waals surface area contributed by atoms with E-state index in [0.717, 1.165) is 30.3 Å². The molecule has 3 heteroatoms. The van der Waals surface area contributed by atoms with Crippen molar-refractivity contribution in [2.24, 2.45) is 5.92 Å². The number of nitrogens with one attached hydrogen (secondary N) is 1. The summed E-state index contributed by atoms with van der Waals surface area (Å²) in [7, 11) is 1.88. The predicted octanol–water partition coefficient (Wildman–Crippen LogP) is 3.73. The van der Waals surface area contributed by atoms with Gasteiger partial charge >= 0.3 is 0 Å². The lowest BCUT2D eigenvalue weighted by Crippen LogP contribution is -2.24. The second-order valence-corrected chi connectivity index (χ2v) is 5.57. The van der Waals surface area contributed by atoms with Gasteiger partial charge in [0.15, 0.2) is 0 Å². The molecule has 2 nitrogen and oxygen atoms in total. The van der Waals surface area contributed by atoms with Gasteiger partial charge in [-0.15, -0.1) is 0 Å². The average Bonchev–Trinajstić information content (AvgIpc) is 2.86. The second kappa shape index (κ2) is 6.38. The summed E-state index contributed by atoms with van der Waals surface area (Å²) in [6.07, 6.45) is 3.75. The lowest BCUT2D eigenvalue weighted by Gasteiger charge is -2.25. The van der Waals surface area contributed by atoms with Gasteiger partial charge in [0, 0.05) is 30.4 Å². The smallest absolute Gasteiger partial charge is 0.130 e. The molecule has 2 atom stereocenters. The summed E-state index contributed by atoms with van der Waals surface area (Å²) < 4.78 is 14.1. The molecule has 1 saturated heterocycles. The fourth-order valence-corrected chi connectivity index (χ4v) is 3.07. The van der Waals surface area contributed by atoms with Gasteiger partial charge in [0.2, 0.25) is 0 Å². The molecule has 19 heavy (non-hydrogen) atoms. The lowest BCUT2D eigenvalue weighted by molar-refractivity contribution is 0.528. The van der Waals surface area contributed by atoms with Crippen molar-refractivity contribution >= 4 is 5.69 Å². The SMILES string of the molecule is CCCC1CCN(c2cccc(F)c2C(C)NC)C1. The van der Waals surface area contributed by atoms with Crippen LogP contribution in [-0.2, 0) is 0 Å². The molecule has 1 aromatic rings. The van der Waals surface area contributed by atoms with Gasteiger partial charge in [0.25, 0.3) is 0 Å². The molecule has 0 aromatic heterocycles. The van der Waals surface area contributed by atoms with Crippen LogP contribution >= 0.6 is 0 Å². The zero-order chi connectivity index (χ0) is 13.8. The van der Waals surface area contributed by atoms with E-state index in [9.17, 15) is 4.39 Å². The van der Waals surface area contributed by atoms with Gasteiger partial charge in [-0.25, -0.2) is 4.39 Å². The third-order valence-corrected chi connectivity index (χ3v) is 4.22. The number of anilines is 1. The van der Waals surface area contributed by atoms with Gasteiger partial charge in [-0.3, -0.25) is 0 Å². The van der Waals surface area contributed by atoms with E-state index in [-0.39, 0.29) is 11.9 Å². The molecule has 2 rings (SSSR count). The molecule has 1 heterocycles. The van der Waals surface area contributed by atoms with Gasteiger partial charge in [0.1, 0.15) is 5.82 Å². The van der Waals surface area contributed by atoms with E-state index >= 15 is 0 Å². The molecule has 0 amide bonds. The molecule has 0 spiro atoms. The van der Waals surface area contributed by atoms with Crippen LogP contribution in [0.1, 0.15) is 44.7 Å². The highest BCUT2D eigenvalue weighted by Crippen LogP contribution is 2.33. The maximum atomic E-state index is 14.1. The second-order valence-electron chi connectivity index (χ2n) is 5.57. The third-order valence-electron chi connectivity index (χ3n) is 4.22. The summed E-state index contributed by atoms with van der Waals surface area (Å²) >= 11 is 0. The summed E-state index contributed by atoms with van der Waals surface area (Å²) in [6, 6.07) is 5.48. The van der Waals surface area contributed by atoms with Crippen molar-refractivity contribution in [2.45, 2.75) is 39.2 Å². The van der Waals surface area contributed by atoms with E-state index in [1.807, 2.05) is 20.0 Å². The molecule has 106 valence electrons. The Hall–Kier alpha value is -1.09. The minimum atomic E-state index is -0.0988. The predicted molar refractivity (Wildman–Crippen MR) is 79.1 cm³/mol. The molecule has 1 aromatic carbocycles. The molecule has 2 unspecified atom stereocenters. The zero-order valence-electron chi connectivity index (χ0n) is 12.2. The van der Waals surface area contributed by atoms with Gasteiger partial charge in [-0.1, -0.05) is 19.4 Å². The van der Waals surface area contributed by atoms with Gasteiger partial charge in [-0.05, 0) is 44.9 Å². The highest BCUT2D eigenvalue weighted by Gasteiger charge is 2.25. The van der Waals surface area contributed by atoms with E-state index in [0.29, 0.717) is 0 Å². The highest BCUT2D eigenvalue weighted by atomic mass is 19.1. The van der Waals surface area contributed by atoms with Crippen LogP contribution in [0.3, 0.4) is 0 Å². The van der Waals surface area contributed by atoms with Gasteiger partial charge in [-0.2, -0.15) is 0 Å². The number of benzene rings is 1. The van der Waals surface area contributed by atoms with E-state index in [2.05, 4.69) is 23.2 Å². The zero-order valence-corrected chi connectivity index (χ0v) is 12.2. The van der Waals surface area contributed by atoms with Crippen LogP contribution in [0.25, 0.3) is 0 Å². The quantitative estimate of drug-likeness (QED) is 0.871. The summed E-state index contributed by atoms with van der Waals surface area (Å²) in [4.78, 5) is 2.35. The standard InChI is InChI=1S/C16H25FN2/c1-4-6-13-9-10-19(11-13)15-8-5-7-14(17)16(15)12(2)18-3/h5,7-8,12-13,18H,4,6,9-11H2,1-3H3. The molecule has 1 fully saturated rings. The minimum absolute atomic E-state index is 0.0430. The number of nitrogens with zero attached hydrogens (tertiary/aromatic N) is 1. The first kappa shape index (κ1) is 14.3. The van der Waals surface area contributed by atoms with Crippen LogP contribution in [0.15, 0.2) is 18.2 Å². The first-order valence-electron chi connectivity index (χ1n) is 7.38. The maximum Gasteiger partial charge on any atom is 0.130 e. The van der Waals surface area contributed by atoms with E-state index in [1.165, 1.54) is 19.3 Å². The van der Waals surface area contributed by atoms with Crippen LogP contribution in [-0.4, -0.2) is 20.1 Å². The van der Waals surface area contributed by atoms with Crippen LogP contribution in [0.2, 0.25) is 0 Å². The number of halogens is 1. The highest BCUT2D eigenvalue weighted by molar-refractivity contribution is 5.56. The van der Waals surface area contributed by atoms with Crippen LogP contribution in [0.4, 0.5) is 10.1 Å². The van der Waals surface area contributed by atoms with E-state index in [1.54, 1.807) is 6.07 Å². The summed E-state index contributed by atoms with van der Waals surface area (Å²) in [6.45, 7) is 6.37. The maximum absolute atomic E-state index is 14.1. The van der Waals surface area contributed by atoms with Crippen molar-refractivity contribution in [2.75, 3.05) is 25.0 Å². The van der Waals surface area contributed by atoms with Crippen molar-refractivity contribution in [1.82, 2.24) is 5.32 Å². The molecule has 1 aliphatic rings. The first-order chi connectivity index (χ1) is 9.17. The molecule has 1 N–H and O–H groups in total. The topological polar surface area (TPSA) is 15.3 Å². The molecular formula is C16H25FN2. The Balaban J connectivity index is 2.23. The van der Waals surface area contributed by atoms with Crippen LogP contribution in [0, 0.1) is 11.7 Å². The van der Waals surface area contributed by atoms with Crippen molar-refractivity contribution in [3.63, 3.8) is 0 Å². The molecule has 0 radical (unpaired) electrons. The Labute approximate surface area is 116 Å². The monoisotopic (exact) mass is 264 g/mol. The fraction of sp³-hybridized carbons (Fsp3) is 0.625. The Morgan fingerprint density at radius 3 is 2.95 bits per heavy atom. The normalized spacial score (nSPS) is 20.8. The Morgan fingerprint density at radius 1 is 1.47 bits per heavy atom.